The smallest absolute Gasteiger partial charge is 0.352 e. The lowest BCUT2D eigenvalue weighted by Crippen LogP contribution is -2.45. The Kier molecular flexibility index (Phi) is 6.52. The molecule has 1 fully saturated rings. The molecule has 1 amide bonds. The molecule has 162 valence electrons. The summed E-state index contributed by atoms with van der Waals surface area (Å²) in [6.45, 7) is 2.18. The third kappa shape index (κ3) is 5.20. The van der Waals surface area contributed by atoms with Crippen LogP contribution in [0.15, 0.2) is 53.4 Å². The van der Waals surface area contributed by atoms with Crippen LogP contribution in [0, 0.1) is 12.8 Å². The van der Waals surface area contributed by atoms with Gasteiger partial charge in [0.05, 0.1) is 16.4 Å². The fourth-order valence-electron chi connectivity index (χ4n) is 3.43. The van der Waals surface area contributed by atoms with Crippen LogP contribution in [0.4, 0.5) is 13.2 Å². The summed E-state index contributed by atoms with van der Waals surface area (Å²) in [6, 6.07) is 11.3. The highest BCUT2D eigenvalue weighted by Gasteiger charge is 2.33. The van der Waals surface area contributed by atoms with Gasteiger partial charge in [0.25, 0.3) is 0 Å². The van der Waals surface area contributed by atoms with Crippen LogP contribution in [-0.2, 0) is 27.5 Å². The van der Waals surface area contributed by atoms with E-state index in [0.717, 1.165) is 17.7 Å². The molecule has 9 heteroatoms. The van der Waals surface area contributed by atoms with E-state index in [9.17, 15) is 26.4 Å². The van der Waals surface area contributed by atoms with E-state index in [2.05, 4.69) is 5.32 Å². The monoisotopic (exact) mass is 440 g/mol. The normalized spacial score (nSPS) is 18.2. The van der Waals surface area contributed by atoms with E-state index in [1.165, 1.54) is 16.4 Å². The maximum absolute atomic E-state index is 12.9. The summed E-state index contributed by atoms with van der Waals surface area (Å²) in [6.07, 6.45) is -3.39. The van der Waals surface area contributed by atoms with Crippen LogP contribution >= 0.6 is 0 Å². The fraction of sp³-hybridized carbons (Fsp3) is 0.381. The quantitative estimate of drug-likeness (QED) is 0.771. The maximum atomic E-state index is 12.9. The zero-order valence-electron chi connectivity index (χ0n) is 16.4. The number of nitrogens with zero attached hydrogens (tertiary/aromatic N) is 1. The molecule has 2 aromatic carbocycles. The van der Waals surface area contributed by atoms with Crippen molar-refractivity contribution in [3.63, 3.8) is 0 Å². The first kappa shape index (κ1) is 22.3. The molecule has 3 rings (SSSR count). The van der Waals surface area contributed by atoms with Gasteiger partial charge in [-0.25, -0.2) is 8.42 Å². The molecule has 0 spiro atoms. The van der Waals surface area contributed by atoms with E-state index in [-0.39, 0.29) is 23.9 Å². The van der Waals surface area contributed by atoms with Crippen molar-refractivity contribution in [3.05, 3.63) is 65.2 Å². The molecule has 0 aromatic heterocycles. The number of nitrogens with one attached hydrogen (secondary N) is 1. The Morgan fingerprint density at radius 3 is 2.53 bits per heavy atom. The Bertz CT molecular complexity index is 1000. The summed E-state index contributed by atoms with van der Waals surface area (Å²) >= 11 is 0. The summed E-state index contributed by atoms with van der Waals surface area (Å²) in [7, 11) is -3.71. The van der Waals surface area contributed by atoms with E-state index in [1.54, 1.807) is 24.3 Å². The highest BCUT2D eigenvalue weighted by Crippen LogP contribution is 2.29. The van der Waals surface area contributed by atoms with Gasteiger partial charge in [0, 0.05) is 19.6 Å². The van der Waals surface area contributed by atoms with Crippen LogP contribution in [0.5, 0.6) is 0 Å². The van der Waals surface area contributed by atoms with Crippen molar-refractivity contribution in [2.45, 2.75) is 37.4 Å². The molecular weight excluding hydrogens is 417 g/mol. The van der Waals surface area contributed by atoms with Gasteiger partial charge in [-0.1, -0.05) is 29.8 Å². The number of alkyl halides is 3. The molecule has 1 N–H and O–H groups in total. The number of hydrogen-bond donors (Lipinski definition) is 1. The first-order valence-corrected chi connectivity index (χ1v) is 11.0. The minimum absolute atomic E-state index is 0.0463. The number of carbonyl (C=O) groups excluding carboxylic acids is 1. The highest BCUT2D eigenvalue weighted by atomic mass is 32.2. The topological polar surface area (TPSA) is 66.5 Å². The molecule has 2 aromatic rings. The van der Waals surface area contributed by atoms with Gasteiger partial charge in [0.15, 0.2) is 0 Å². The number of carbonyl (C=O) groups is 1. The second-order valence-corrected chi connectivity index (χ2v) is 9.37. The van der Waals surface area contributed by atoms with E-state index in [0.29, 0.717) is 24.9 Å². The molecular formula is C21H23F3N2O3S. The zero-order valence-corrected chi connectivity index (χ0v) is 17.3. The predicted molar refractivity (Wildman–Crippen MR) is 106 cm³/mol. The Balaban J connectivity index is 1.64. The molecule has 30 heavy (non-hydrogen) atoms. The molecule has 5 nitrogen and oxygen atoms in total. The summed E-state index contributed by atoms with van der Waals surface area (Å²) in [4.78, 5) is 12.7. The maximum Gasteiger partial charge on any atom is 0.416 e. The van der Waals surface area contributed by atoms with Crippen LogP contribution < -0.4 is 5.32 Å². The largest absolute Gasteiger partial charge is 0.416 e. The number of benzene rings is 2. The van der Waals surface area contributed by atoms with E-state index < -0.39 is 27.7 Å². The van der Waals surface area contributed by atoms with Crippen molar-refractivity contribution in [1.29, 1.82) is 0 Å². The highest BCUT2D eigenvalue weighted by molar-refractivity contribution is 7.89. The van der Waals surface area contributed by atoms with E-state index >= 15 is 0 Å². The molecule has 1 atom stereocenters. The summed E-state index contributed by atoms with van der Waals surface area (Å²) in [5.74, 6) is -0.916. The molecule has 0 aliphatic carbocycles. The second-order valence-electron chi connectivity index (χ2n) is 7.43. The molecule has 1 unspecified atom stereocenters. The van der Waals surface area contributed by atoms with Gasteiger partial charge in [-0.3, -0.25) is 4.79 Å². The molecule has 1 aliphatic rings. The third-order valence-electron chi connectivity index (χ3n) is 5.13. The second kappa shape index (κ2) is 8.77. The van der Waals surface area contributed by atoms with Crippen molar-refractivity contribution in [2.24, 2.45) is 5.92 Å². The summed E-state index contributed by atoms with van der Waals surface area (Å²) < 4.78 is 65.5. The average Bonchev–Trinajstić information content (AvgIpc) is 2.72. The lowest BCUT2D eigenvalue weighted by Gasteiger charge is -2.31. The summed E-state index contributed by atoms with van der Waals surface area (Å²) in [5, 5.41) is 2.64. The van der Waals surface area contributed by atoms with Crippen LogP contribution in [0.25, 0.3) is 0 Å². The van der Waals surface area contributed by atoms with Crippen molar-refractivity contribution < 1.29 is 26.4 Å². The third-order valence-corrected chi connectivity index (χ3v) is 7.01. The Morgan fingerprint density at radius 1 is 1.17 bits per heavy atom. The molecule has 1 heterocycles. The van der Waals surface area contributed by atoms with Crippen LogP contribution in [0.3, 0.4) is 0 Å². The molecule has 1 saturated heterocycles. The number of sulfonamides is 1. The predicted octanol–water partition coefficient (Wildman–Crippen LogP) is 3.73. The number of rotatable bonds is 5. The molecule has 0 radical (unpaired) electrons. The van der Waals surface area contributed by atoms with Gasteiger partial charge < -0.3 is 5.32 Å². The van der Waals surface area contributed by atoms with Crippen LogP contribution in [0.2, 0.25) is 0 Å². The number of aryl methyl sites for hydroxylation is 1. The van der Waals surface area contributed by atoms with Gasteiger partial charge in [0.2, 0.25) is 15.9 Å². The molecule has 1 aliphatic heterocycles. The number of hydrogen-bond acceptors (Lipinski definition) is 3. The van der Waals surface area contributed by atoms with Gasteiger partial charge in [-0.2, -0.15) is 17.5 Å². The molecule has 0 bridgehead atoms. The first-order chi connectivity index (χ1) is 14.1. The van der Waals surface area contributed by atoms with Gasteiger partial charge in [-0.05, 0) is 49.6 Å². The fourth-order valence-corrected chi connectivity index (χ4v) is 4.95. The zero-order chi connectivity index (χ0) is 21.9. The Hall–Kier alpha value is -2.39. The molecule has 0 saturated carbocycles. The minimum Gasteiger partial charge on any atom is -0.352 e. The van der Waals surface area contributed by atoms with Crippen LogP contribution in [-0.4, -0.2) is 31.7 Å². The van der Waals surface area contributed by atoms with E-state index in [4.69, 9.17) is 0 Å². The Morgan fingerprint density at radius 2 is 1.87 bits per heavy atom. The SMILES string of the molecule is Cc1ccc(S(=O)(=O)N2CCCC(C(=O)NCc3cccc(C(F)(F)F)c3)C2)cc1. The minimum atomic E-state index is -4.45. The van der Waals surface area contributed by atoms with Crippen molar-refractivity contribution >= 4 is 15.9 Å². The first-order valence-electron chi connectivity index (χ1n) is 9.58. The standard InChI is InChI=1S/C21H23F3N2O3S/c1-15-7-9-19(10-8-15)30(28,29)26-11-3-5-17(14-26)20(27)25-13-16-4-2-6-18(12-16)21(22,23)24/h2,4,6-10,12,17H,3,5,11,13-14H2,1H3,(H,25,27). The average molecular weight is 440 g/mol. The van der Waals surface area contributed by atoms with Crippen molar-refractivity contribution in [1.82, 2.24) is 9.62 Å². The van der Waals surface area contributed by atoms with Crippen LogP contribution in [0.1, 0.15) is 29.5 Å². The van der Waals surface area contributed by atoms with Crippen molar-refractivity contribution in [3.8, 4) is 0 Å². The van der Waals surface area contributed by atoms with Gasteiger partial charge >= 0.3 is 6.18 Å². The number of amides is 1. The van der Waals surface area contributed by atoms with Gasteiger partial charge in [-0.15, -0.1) is 0 Å². The number of piperidine rings is 1. The van der Waals surface area contributed by atoms with E-state index in [1.807, 2.05) is 6.92 Å². The lowest BCUT2D eigenvalue weighted by molar-refractivity contribution is -0.137. The lowest BCUT2D eigenvalue weighted by atomic mass is 9.98. The number of halogens is 3. The van der Waals surface area contributed by atoms with Gasteiger partial charge in [0.1, 0.15) is 0 Å². The summed E-state index contributed by atoms with van der Waals surface area (Å²) in [5.41, 5.74) is 0.500. The Labute approximate surface area is 173 Å². The van der Waals surface area contributed by atoms with Crippen molar-refractivity contribution in [2.75, 3.05) is 13.1 Å².